The quantitative estimate of drug-likeness (QED) is 0.884. The summed E-state index contributed by atoms with van der Waals surface area (Å²) in [5.41, 5.74) is 0.136. The molecule has 6 nitrogen and oxygen atoms in total. The van der Waals surface area contributed by atoms with Gasteiger partial charge in [-0.1, -0.05) is 30.3 Å². The summed E-state index contributed by atoms with van der Waals surface area (Å²) in [5, 5.41) is 5.10. The van der Waals surface area contributed by atoms with Crippen LogP contribution < -0.4 is 5.14 Å². The Balaban J connectivity index is 1.61. The molecule has 2 aliphatic rings. The van der Waals surface area contributed by atoms with Crippen molar-refractivity contribution in [1.29, 1.82) is 0 Å². The largest absolute Gasteiger partial charge is 0.276 e. The van der Waals surface area contributed by atoms with E-state index in [1.807, 2.05) is 30.3 Å². The molecule has 2 heterocycles. The fourth-order valence-electron chi connectivity index (χ4n) is 3.96. The van der Waals surface area contributed by atoms with Crippen molar-refractivity contribution in [2.45, 2.75) is 24.7 Å². The topological polar surface area (TPSA) is 89.2 Å². The maximum atomic E-state index is 14.7. The molecule has 9 heteroatoms. The first-order valence-electron chi connectivity index (χ1n) is 8.30. The minimum absolute atomic E-state index is 0.0106. The van der Waals surface area contributed by atoms with Gasteiger partial charge in [0.15, 0.2) is 0 Å². The summed E-state index contributed by atoms with van der Waals surface area (Å²) in [4.78, 5) is 8.46. The lowest BCUT2D eigenvalue weighted by molar-refractivity contribution is 0.0411. The standard InChI is InChI=1S/C17H18F2N4O2S/c18-17(19)14(16(17)7-10-23(11-8-16)26(20,24)25)15-21-9-6-13(22-15)12-4-2-1-3-5-12/h1-6,9,14H,7-8,10-11H2,(H2,20,24,25)/t14-/m0/s1. The van der Waals surface area contributed by atoms with Gasteiger partial charge in [-0.25, -0.2) is 23.9 Å². The summed E-state index contributed by atoms with van der Waals surface area (Å²) in [6.07, 6.45) is 1.58. The van der Waals surface area contributed by atoms with Gasteiger partial charge in [0, 0.05) is 24.8 Å². The van der Waals surface area contributed by atoms with Crippen molar-refractivity contribution < 1.29 is 17.2 Å². The first kappa shape index (κ1) is 17.4. The molecule has 1 saturated carbocycles. The Morgan fingerprint density at radius 1 is 1.12 bits per heavy atom. The molecule has 1 aliphatic heterocycles. The highest BCUT2D eigenvalue weighted by atomic mass is 32.2. The van der Waals surface area contributed by atoms with E-state index < -0.39 is 27.5 Å². The molecule has 0 radical (unpaired) electrons. The number of alkyl halides is 2. The number of benzene rings is 1. The van der Waals surface area contributed by atoms with Crippen molar-refractivity contribution in [3.8, 4) is 11.3 Å². The van der Waals surface area contributed by atoms with Gasteiger partial charge in [0.1, 0.15) is 5.82 Å². The van der Waals surface area contributed by atoms with Crippen LogP contribution in [0.5, 0.6) is 0 Å². The van der Waals surface area contributed by atoms with Crippen LogP contribution in [-0.2, 0) is 10.2 Å². The fraction of sp³-hybridized carbons (Fsp3) is 0.412. The highest BCUT2D eigenvalue weighted by Crippen LogP contribution is 2.74. The SMILES string of the molecule is NS(=O)(=O)N1CCC2(CC1)[C@H](c1nccc(-c3ccccc3)n1)C2(F)F. The lowest BCUT2D eigenvalue weighted by Gasteiger charge is -2.30. The van der Waals surface area contributed by atoms with E-state index in [0.29, 0.717) is 5.69 Å². The van der Waals surface area contributed by atoms with Crippen LogP contribution in [0, 0.1) is 5.41 Å². The first-order chi connectivity index (χ1) is 12.3. The van der Waals surface area contributed by atoms with Crippen molar-refractivity contribution in [1.82, 2.24) is 14.3 Å². The summed E-state index contributed by atoms with van der Waals surface area (Å²) in [6.45, 7) is -0.0212. The van der Waals surface area contributed by atoms with Gasteiger partial charge >= 0.3 is 0 Å². The number of nitrogens with two attached hydrogens (primary N) is 1. The second-order valence-electron chi connectivity index (χ2n) is 6.82. The molecular formula is C17H18F2N4O2S. The lowest BCUT2D eigenvalue weighted by Crippen LogP contribution is -2.43. The molecule has 2 N–H and O–H groups in total. The van der Waals surface area contributed by atoms with Crippen LogP contribution in [0.3, 0.4) is 0 Å². The molecule has 1 aliphatic carbocycles. The van der Waals surface area contributed by atoms with E-state index in [-0.39, 0.29) is 31.8 Å². The predicted octanol–water partition coefficient (Wildman–Crippen LogP) is 2.16. The molecule has 1 spiro atoms. The summed E-state index contributed by atoms with van der Waals surface area (Å²) in [5.74, 6) is -3.94. The Morgan fingerprint density at radius 3 is 2.38 bits per heavy atom. The molecule has 0 unspecified atom stereocenters. The van der Waals surface area contributed by atoms with Gasteiger partial charge in [0.2, 0.25) is 0 Å². The Labute approximate surface area is 150 Å². The number of halogens is 2. The molecular weight excluding hydrogens is 362 g/mol. The predicted molar refractivity (Wildman–Crippen MR) is 91.5 cm³/mol. The average Bonchev–Trinajstić information content (AvgIpc) is 3.09. The maximum absolute atomic E-state index is 14.7. The third-order valence-electron chi connectivity index (χ3n) is 5.47. The van der Waals surface area contributed by atoms with Crippen LogP contribution in [0.1, 0.15) is 24.6 Å². The summed E-state index contributed by atoms with van der Waals surface area (Å²) >= 11 is 0. The number of piperidine rings is 1. The van der Waals surface area contributed by atoms with Crippen LogP contribution in [0.4, 0.5) is 8.78 Å². The number of hydrogen-bond donors (Lipinski definition) is 1. The van der Waals surface area contributed by atoms with E-state index in [1.165, 1.54) is 6.20 Å². The minimum Gasteiger partial charge on any atom is -0.241 e. The summed E-state index contributed by atoms with van der Waals surface area (Å²) < 4.78 is 53.3. The van der Waals surface area contributed by atoms with E-state index in [9.17, 15) is 17.2 Å². The van der Waals surface area contributed by atoms with Gasteiger partial charge in [-0.05, 0) is 18.9 Å². The van der Waals surface area contributed by atoms with Crippen molar-refractivity contribution in [2.24, 2.45) is 10.6 Å². The van der Waals surface area contributed by atoms with Crippen molar-refractivity contribution >= 4 is 10.2 Å². The van der Waals surface area contributed by atoms with Gasteiger partial charge in [-0.2, -0.15) is 12.7 Å². The van der Waals surface area contributed by atoms with Crippen molar-refractivity contribution in [3.63, 3.8) is 0 Å². The van der Waals surface area contributed by atoms with Gasteiger partial charge in [0.05, 0.1) is 17.0 Å². The molecule has 1 aromatic carbocycles. The molecule has 0 bridgehead atoms. The zero-order valence-corrected chi connectivity index (χ0v) is 14.7. The van der Waals surface area contributed by atoms with E-state index in [2.05, 4.69) is 9.97 Å². The average molecular weight is 380 g/mol. The van der Waals surface area contributed by atoms with Gasteiger partial charge in [-0.3, -0.25) is 0 Å². The Hall–Kier alpha value is -1.97. The number of rotatable bonds is 3. The molecule has 1 saturated heterocycles. The van der Waals surface area contributed by atoms with Crippen LogP contribution in [-0.4, -0.2) is 41.7 Å². The van der Waals surface area contributed by atoms with Crippen LogP contribution in [0.25, 0.3) is 11.3 Å². The second kappa shape index (κ2) is 5.77. The molecule has 2 aromatic rings. The third-order valence-corrected chi connectivity index (χ3v) is 6.56. The smallest absolute Gasteiger partial charge is 0.241 e. The van der Waals surface area contributed by atoms with Crippen LogP contribution >= 0.6 is 0 Å². The van der Waals surface area contributed by atoms with E-state index in [4.69, 9.17) is 5.14 Å². The van der Waals surface area contributed by atoms with E-state index in [0.717, 1.165) is 9.87 Å². The van der Waals surface area contributed by atoms with E-state index in [1.54, 1.807) is 6.07 Å². The highest BCUT2D eigenvalue weighted by Gasteiger charge is 2.81. The van der Waals surface area contributed by atoms with Crippen molar-refractivity contribution in [3.05, 3.63) is 48.4 Å². The van der Waals surface area contributed by atoms with Gasteiger partial charge in [-0.15, -0.1) is 0 Å². The molecule has 4 rings (SSSR count). The van der Waals surface area contributed by atoms with Gasteiger partial charge in [0.25, 0.3) is 16.1 Å². The minimum atomic E-state index is -3.85. The van der Waals surface area contributed by atoms with Crippen LogP contribution in [0.2, 0.25) is 0 Å². The van der Waals surface area contributed by atoms with E-state index >= 15 is 0 Å². The van der Waals surface area contributed by atoms with Gasteiger partial charge < -0.3 is 0 Å². The molecule has 0 amide bonds. The molecule has 1 aromatic heterocycles. The summed E-state index contributed by atoms with van der Waals surface area (Å²) in [6, 6.07) is 11.0. The highest BCUT2D eigenvalue weighted by molar-refractivity contribution is 7.86. The van der Waals surface area contributed by atoms with Crippen LogP contribution in [0.15, 0.2) is 42.6 Å². The zero-order chi connectivity index (χ0) is 18.6. The molecule has 26 heavy (non-hydrogen) atoms. The number of aromatic nitrogens is 2. The third kappa shape index (κ3) is 2.62. The molecule has 138 valence electrons. The lowest BCUT2D eigenvalue weighted by atomic mass is 9.91. The zero-order valence-electron chi connectivity index (χ0n) is 13.8. The second-order valence-corrected chi connectivity index (χ2v) is 8.37. The Morgan fingerprint density at radius 2 is 1.77 bits per heavy atom. The Kier molecular flexibility index (Phi) is 3.87. The number of hydrogen-bond acceptors (Lipinski definition) is 4. The normalized spacial score (nSPS) is 24.5. The fourth-order valence-corrected chi connectivity index (χ4v) is 4.65. The molecule has 2 fully saturated rings. The maximum Gasteiger partial charge on any atom is 0.276 e. The summed E-state index contributed by atoms with van der Waals surface area (Å²) in [7, 11) is -3.85. The molecule has 1 atom stereocenters. The first-order valence-corrected chi connectivity index (χ1v) is 9.80. The number of nitrogens with zero attached hydrogens (tertiary/aromatic N) is 3. The van der Waals surface area contributed by atoms with Crippen molar-refractivity contribution in [2.75, 3.05) is 13.1 Å². The monoisotopic (exact) mass is 380 g/mol. The Bertz CT molecular complexity index is 929.